The molecule has 1 aromatic heterocycles. The van der Waals surface area contributed by atoms with E-state index in [2.05, 4.69) is 25.9 Å². The number of carbonyl (C=O) groups excluding carboxylic acids is 1. The highest BCUT2D eigenvalue weighted by Crippen LogP contribution is 2.49. The summed E-state index contributed by atoms with van der Waals surface area (Å²) in [6.45, 7) is 0. The van der Waals surface area contributed by atoms with Crippen molar-refractivity contribution in [2.24, 2.45) is 0 Å². The number of nitrogens with zero attached hydrogens (tertiary/aromatic N) is 3. The van der Waals surface area contributed by atoms with E-state index >= 15 is 0 Å². The summed E-state index contributed by atoms with van der Waals surface area (Å²) < 4.78 is 19.4. The van der Waals surface area contributed by atoms with Crippen LogP contribution in [0.1, 0.15) is 18.4 Å². The molecular weight excluding hydrogens is 445 g/mol. The van der Waals surface area contributed by atoms with Crippen molar-refractivity contribution in [3.8, 4) is 28.3 Å². The van der Waals surface area contributed by atoms with Gasteiger partial charge in [-0.15, -0.1) is 10.2 Å². The summed E-state index contributed by atoms with van der Waals surface area (Å²) in [4.78, 5) is 13.2. The molecule has 7 nitrogen and oxygen atoms in total. The van der Waals surface area contributed by atoms with Crippen LogP contribution < -0.4 is 10.1 Å². The highest BCUT2D eigenvalue weighted by atomic mass is 35.5. The van der Waals surface area contributed by atoms with Gasteiger partial charge in [0.15, 0.2) is 11.6 Å². The number of methoxy groups -OCH3 is 1. The van der Waals surface area contributed by atoms with Crippen molar-refractivity contribution in [3.63, 3.8) is 0 Å². The van der Waals surface area contributed by atoms with Crippen LogP contribution in [-0.4, -0.2) is 33.6 Å². The minimum Gasteiger partial charge on any atom is -0.494 e. The third kappa shape index (κ3) is 3.93. The SMILES string of the molecule is COc1ccc(-c2ccc(NC(=O)C3(c4cccc(Cl)c4)CC3)cc2-c2nn[nH]n2)cc1F. The van der Waals surface area contributed by atoms with Gasteiger partial charge < -0.3 is 10.1 Å². The number of H-pyrrole nitrogens is 1. The molecule has 2 N–H and O–H groups in total. The van der Waals surface area contributed by atoms with Gasteiger partial charge in [-0.1, -0.05) is 35.9 Å². The van der Waals surface area contributed by atoms with Crippen molar-refractivity contribution in [3.05, 3.63) is 77.1 Å². The highest BCUT2D eigenvalue weighted by molar-refractivity contribution is 6.30. The van der Waals surface area contributed by atoms with Crippen molar-refractivity contribution in [1.29, 1.82) is 0 Å². The Labute approximate surface area is 193 Å². The molecule has 5 rings (SSSR count). The molecule has 1 aliphatic rings. The Morgan fingerprint density at radius 3 is 2.64 bits per heavy atom. The average Bonchev–Trinajstić information content (AvgIpc) is 3.46. The predicted molar refractivity (Wildman–Crippen MR) is 123 cm³/mol. The molecule has 3 aromatic carbocycles. The molecule has 0 aliphatic heterocycles. The first-order chi connectivity index (χ1) is 16.0. The van der Waals surface area contributed by atoms with Crippen LogP contribution in [0.25, 0.3) is 22.5 Å². The van der Waals surface area contributed by atoms with Crippen LogP contribution >= 0.6 is 11.6 Å². The van der Waals surface area contributed by atoms with Gasteiger partial charge in [0.2, 0.25) is 11.7 Å². The van der Waals surface area contributed by atoms with E-state index in [1.165, 1.54) is 13.2 Å². The van der Waals surface area contributed by atoms with Gasteiger partial charge in [-0.25, -0.2) is 4.39 Å². The molecule has 166 valence electrons. The van der Waals surface area contributed by atoms with Gasteiger partial charge in [-0.05, 0) is 71.1 Å². The Morgan fingerprint density at radius 1 is 1.12 bits per heavy atom. The number of nitrogens with one attached hydrogen (secondary N) is 2. The molecule has 0 radical (unpaired) electrons. The monoisotopic (exact) mass is 463 g/mol. The third-order valence-electron chi connectivity index (χ3n) is 5.89. The topological polar surface area (TPSA) is 92.8 Å². The van der Waals surface area contributed by atoms with E-state index in [0.29, 0.717) is 33.2 Å². The molecular formula is C24H19ClFN5O2. The number of rotatable bonds is 6. The van der Waals surface area contributed by atoms with E-state index in [1.54, 1.807) is 36.4 Å². The summed E-state index contributed by atoms with van der Waals surface area (Å²) in [7, 11) is 1.41. The third-order valence-corrected chi connectivity index (χ3v) is 6.12. The number of anilines is 1. The van der Waals surface area contributed by atoms with Gasteiger partial charge in [0.25, 0.3) is 0 Å². The van der Waals surface area contributed by atoms with Gasteiger partial charge in [0, 0.05) is 16.3 Å². The van der Waals surface area contributed by atoms with Crippen molar-refractivity contribution >= 4 is 23.2 Å². The second-order valence-electron chi connectivity index (χ2n) is 7.89. The molecule has 0 spiro atoms. The standard InChI is InChI=1S/C24H19ClFN5O2/c1-33-21-8-5-14(11-20(21)26)18-7-6-17(13-19(18)22-28-30-31-29-22)27-23(32)24(9-10-24)15-3-2-4-16(25)12-15/h2-8,11-13H,9-10H2,1H3,(H,27,32)(H,28,29,30,31). The summed E-state index contributed by atoms with van der Waals surface area (Å²) in [5, 5.41) is 17.8. The Morgan fingerprint density at radius 2 is 1.97 bits per heavy atom. The Bertz CT molecular complexity index is 1340. The van der Waals surface area contributed by atoms with E-state index in [4.69, 9.17) is 16.3 Å². The number of halogens is 2. The fourth-order valence-electron chi connectivity index (χ4n) is 3.98. The van der Waals surface area contributed by atoms with Crippen LogP contribution in [0.2, 0.25) is 5.02 Å². The van der Waals surface area contributed by atoms with Crippen LogP contribution in [0, 0.1) is 5.82 Å². The van der Waals surface area contributed by atoms with Crippen molar-refractivity contribution in [2.75, 3.05) is 12.4 Å². The fourth-order valence-corrected chi connectivity index (χ4v) is 4.17. The summed E-state index contributed by atoms with van der Waals surface area (Å²) >= 11 is 6.14. The number of aromatic amines is 1. The molecule has 0 unspecified atom stereocenters. The molecule has 0 saturated heterocycles. The minimum atomic E-state index is -0.588. The molecule has 9 heteroatoms. The summed E-state index contributed by atoms with van der Waals surface area (Å²) in [6.07, 6.45) is 1.50. The van der Waals surface area contributed by atoms with E-state index in [0.717, 1.165) is 18.4 Å². The maximum absolute atomic E-state index is 14.3. The van der Waals surface area contributed by atoms with Crippen LogP contribution in [-0.2, 0) is 10.2 Å². The van der Waals surface area contributed by atoms with Crippen LogP contribution in [0.15, 0.2) is 60.7 Å². The van der Waals surface area contributed by atoms with E-state index in [-0.39, 0.29) is 11.7 Å². The number of tetrazole rings is 1. The zero-order chi connectivity index (χ0) is 23.0. The van der Waals surface area contributed by atoms with Gasteiger partial charge >= 0.3 is 0 Å². The maximum atomic E-state index is 14.3. The summed E-state index contributed by atoms with van der Waals surface area (Å²) in [5.74, 6) is -0.108. The second kappa shape index (κ2) is 8.29. The van der Waals surface area contributed by atoms with Crippen molar-refractivity contribution < 1.29 is 13.9 Å². The lowest BCUT2D eigenvalue weighted by Gasteiger charge is -2.17. The van der Waals surface area contributed by atoms with Gasteiger partial charge in [-0.3, -0.25) is 4.79 Å². The quantitative estimate of drug-likeness (QED) is 0.419. The molecule has 4 aromatic rings. The number of carbonyl (C=O) groups is 1. The van der Waals surface area contributed by atoms with Gasteiger partial charge in [-0.2, -0.15) is 5.21 Å². The summed E-state index contributed by atoms with van der Waals surface area (Å²) in [5.41, 5.74) is 2.78. The zero-order valence-electron chi connectivity index (χ0n) is 17.6. The van der Waals surface area contributed by atoms with Crippen molar-refractivity contribution in [2.45, 2.75) is 18.3 Å². The van der Waals surface area contributed by atoms with Crippen LogP contribution in [0.3, 0.4) is 0 Å². The second-order valence-corrected chi connectivity index (χ2v) is 8.33. The lowest BCUT2D eigenvalue weighted by molar-refractivity contribution is -0.118. The largest absolute Gasteiger partial charge is 0.494 e. The molecule has 1 heterocycles. The Kier molecular flexibility index (Phi) is 5.30. The first kappa shape index (κ1) is 21.1. The number of benzene rings is 3. The highest BCUT2D eigenvalue weighted by Gasteiger charge is 2.51. The number of amides is 1. The molecule has 1 amide bonds. The molecule has 0 bridgehead atoms. The molecule has 1 fully saturated rings. The number of hydrogen-bond donors (Lipinski definition) is 2. The smallest absolute Gasteiger partial charge is 0.235 e. The van der Waals surface area contributed by atoms with Crippen molar-refractivity contribution in [1.82, 2.24) is 20.6 Å². The normalized spacial score (nSPS) is 14.0. The lowest BCUT2D eigenvalue weighted by Crippen LogP contribution is -2.27. The molecule has 1 aliphatic carbocycles. The van der Waals surface area contributed by atoms with Gasteiger partial charge in [0.1, 0.15) is 0 Å². The number of aromatic nitrogens is 4. The van der Waals surface area contributed by atoms with E-state index < -0.39 is 11.2 Å². The molecule has 0 atom stereocenters. The zero-order valence-corrected chi connectivity index (χ0v) is 18.4. The maximum Gasteiger partial charge on any atom is 0.235 e. The first-order valence-electron chi connectivity index (χ1n) is 10.3. The average molecular weight is 464 g/mol. The molecule has 33 heavy (non-hydrogen) atoms. The van der Waals surface area contributed by atoms with E-state index in [1.807, 2.05) is 18.2 Å². The fraction of sp³-hybridized carbons (Fsp3) is 0.167. The predicted octanol–water partition coefficient (Wildman–Crippen LogP) is 5.01. The summed E-state index contributed by atoms with van der Waals surface area (Å²) in [6, 6.07) is 17.4. The number of hydrogen-bond acceptors (Lipinski definition) is 5. The molecule has 1 saturated carbocycles. The van der Waals surface area contributed by atoms with Crippen LogP contribution in [0.4, 0.5) is 10.1 Å². The Hall–Kier alpha value is -3.78. The van der Waals surface area contributed by atoms with Crippen LogP contribution in [0.5, 0.6) is 5.75 Å². The number of ether oxygens (including phenoxy) is 1. The first-order valence-corrected chi connectivity index (χ1v) is 10.7. The Balaban J connectivity index is 1.49. The van der Waals surface area contributed by atoms with Gasteiger partial charge in [0.05, 0.1) is 12.5 Å². The minimum absolute atomic E-state index is 0.105. The lowest BCUT2D eigenvalue weighted by atomic mass is 9.94. The van der Waals surface area contributed by atoms with E-state index in [9.17, 15) is 9.18 Å².